The number of nitrogens with two attached hydrogens (primary N) is 1. The molecule has 1 aromatic rings. The molecule has 1 atom stereocenters. The lowest BCUT2D eigenvalue weighted by Gasteiger charge is -2.14. The second kappa shape index (κ2) is 5.92. The summed E-state index contributed by atoms with van der Waals surface area (Å²) in [6, 6.07) is 7.38. The van der Waals surface area contributed by atoms with Gasteiger partial charge >= 0.3 is 0 Å². The molecule has 15 heavy (non-hydrogen) atoms. The topological polar surface area (TPSA) is 61.6 Å². The van der Waals surface area contributed by atoms with Crippen LogP contribution in [-0.4, -0.2) is 25.7 Å². The van der Waals surface area contributed by atoms with Gasteiger partial charge in [-0.1, -0.05) is 6.07 Å². The fraction of sp³-hybridized carbons (Fsp3) is 0.300. The number of carbonyl (C=O) groups is 1. The molecule has 82 valence electrons. The average Bonchev–Trinajstić information content (AvgIpc) is 2.17. The minimum Gasteiger partial charge on any atom is -0.478 e. The van der Waals surface area contributed by atoms with Crippen LogP contribution in [0.1, 0.15) is 0 Å². The van der Waals surface area contributed by atoms with Gasteiger partial charge in [-0.2, -0.15) is 0 Å². The van der Waals surface area contributed by atoms with Gasteiger partial charge in [0, 0.05) is 10.7 Å². The maximum Gasteiger partial charge on any atom is 0.260 e. The first-order valence-electron chi connectivity index (χ1n) is 4.34. The Bertz CT molecular complexity index is 343. The number of methoxy groups -OCH3 is 1. The monoisotopic (exact) mass is 321 g/mol. The fourth-order valence-corrected chi connectivity index (χ4v) is 1.54. The van der Waals surface area contributed by atoms with Gasteiger partial charge in [-0.25, -0.2) is 0 Å². The van der Waals surface area contributed by atoms with Crippen molar-refractivity contribution in [3.8, 4) is 5.75 Å². The quantitative estimate of drug-likeness (QED) is 0.828. The fourth-order valence-electron chi connectivity index (χ4n) is 1.03. The third-order valence-corrected chi connectivity index (χ3v) is 2.38. The summed E-state index contributed by atoms with van der Waals surface area (Å²) in [4.78, 5) is 11.0. The minimum atomic E-state index is -0.742. The van der Waals surface area contributed by atoms with Gasteiger partial charge < -0.3 is 15.2 Å². The lowest BCUT2D eigenvalue weighted by molar-refractivity contribution is -0.126. The Morgan fingerprint density at radius 3 is 2.87 bits per heavy atom. The van der Waals surface area contributed by atoms with Gasteiger partial charge in [-0.3, -0.25) is 4.79 Å². The Morgan fingerprint density at radius 1 is 1.60 bits per heavy atom. The standard InChI is InChI=1S/C10H12INO3/c1-14-6-9(10(12)13)15-8-4-2-3-7(11)5-8/h2-5,9H,6H2,1H3,(H2,12,13). The van der Waals surface area contributed by atoms with Crippen LogP contribution in [0.15, 0.2) is 24.3 Å². The van der Waals surface area contributed by atoms with E-state index in [0.717, 1.165) is 3.57 Å². The summed E-state index contributed by atoms with van der Waals surface area (Å²) in [5.74, 6) is 0.0819. The van der Waals surface area contributed by atoms with Crippen molar-refractivity contribution in [1.29, 1.82) is 0 Å². The first kappa shape index (κ1) is 12.3. The number of ether oxygens (including phenoxy) is 2. The predicted molar refractivity (Wildman–Crippen MR) is 64.6 cm³/mol. The summed E-state index contributed by atoms with van der Waals surface area (Å²) in [7, 11) is 1.49. The molecular weight excluding hydrogens is 309 g/mol. The number of rotatable bonds is 5. The van der Waals surface area contributed by atoms with Gasteiger partial charge in [0.1, 0.15) is 5.75 Å². The van der Waals surface area contributed by atoms with E-state index in [9.17, 15) is 4.79 Å². The van der Waals surface area contributed by atoms with Crippen molar-refractivity contribution in [1.82, 2.24) is 0 Å². The van der Waals surface area contributed by atoms with E-state index in [2.05, 4.69) is 22.6 Å². The van der Waals surface area contributed by atoms with E-state index < -0.39 is 12.0 Å². The van der Waals surface area contributed by atoms with Crippen molar-refractivity contribution in [3.05, 3.63) is 27.8 Å². The normalized spacial score (nSPS) is 12.1. The van der Waals surface area contributed by atoms with Crippen LogP contribution in [0.5, 0.6) is 5.75 Å². The highest BCUT2D eigenvalue weighted by atomic mass is 127. The molecule has 1 unspecified atom stereocenters. The van der Waals surface area contributed by atoms with Gasteiger partial charge in [0.05, 0.1) is 6.61 Å². The van der Waals surface area contributed by atoms with Gasteiger partial charge in [-0.15, -0.1) is 0 Å². The molecule has 0 aliphatic heterocycles. The highest BCUT2D eigenvalue weighted by Gasteiger charge is 2.16. The average molecular weight is 321 g/mol. The van der Waals surface area contributed by atoms with Crippen molar-refractivity contribution >= 4 is 28.5 Å². The molecule has 2 N–H and O–H groups in total. The van der Waals surface area contributed by atoms with Gasteiger partial charge in [0.15, 0.2) is 6.10 Å². The van der Waals surface area contributed by atoms with Crippen LogP contribution in [0.3, 0.4) is 0 Å². The van der Waals surface area contributed by atoms with Gasteiger partial charge in [0.2, 0.25) is 0 Å². The van der Waals surface area contributed by atoms with Gasteiger partial charge in [0.25, 0.3) is 5.91 Å². The molecule has 0 radical (unpaired) electrons. The van der Waals surface area contributed by atoms with E-state index in [-0.39, 0.29) is 6.61 Å². The molecule has 0 aromatic heterocycles. The Hall–Kier alpha value is -0.820. The second-order valence-electron chi connectivity index (χ2n) is 2.92. The molecule has 0 heterocycles. The highest BCUT2D eigenvalue weighted by molar-refractivity contribution is 14.1. The van der Waals surface area contributed by atoms with Crippen LogP contribution < -0.4 is 10.5 Å². The second-order valence-corrected chi connectivity index (χ2v) is 4.17. The number of hydrogen-bond acceptors (Lipinski definition) is 3. The zero-order valence-electron chi connectivity index (χ0n) is 8.27. The molecule has 1 aromatic carbocycles. The molecule has 0 aliphatic rings. The molecule has 4 nitrogen and oxygen atoms in total. The summed E-state index contributed by atoms with van der Waals surface area (Å²) in [6.07, 6.45) is -0.742. The Morgan fingerprint density at radius 2 is 2.33 bits per heavy atom. The molecule has 0 saturated heterocycles. The van der Waals surface area contributed by atoms with E-state index in [4.69, 9.17) is 15.2 Å². The first-order valence-corrected chi connectivity index (χ1v) is 5.42. The number of primary amides is 1. The van der Waals surface area contributed by atoms with Crippen LogP contribution in [0.4, 0.5) is 0 Å². The minimum absolute atomic E-state index is 0.154. The lowest BCUT2D eigenvalue weighted by atomic mass is 10.3. The van der Waals surface area contributed by atoms with Crippen LogP contribution in [0.25, 0.3) is 0 Å². The van der Waals surface area contributed by atoms with E-state index in [1.807, 2.05) is 18.2 Å². The third-order valence-electron chi connectivity index (χ3n) is 1.71. The molecule has 0 aliphatic carbocycles. The maximum absolute atomic E-state index is 11.0. The summed E-state index contributed by atoms with van der Waals surface area (Å²) in [6.45, 7) is 0.154. The third kappa shape index (κ3) is 4.05. The molecule has 1 amide bonds. The van der Waals surface area contributed by atoms with Gasteiger partial charge in [-0.05, 0) is 40.8 Å². The molecule has 1 rings (SSSR count). The smallest absolute Gasteiger partial charge is 0.260 e. The van der Waals surface area contributed by atoms with Crippen molar-refractivity contribution in [2.75, 3.05) is 13.7 Å². The Balaban J connectivity index is 2.69. The van der Waals surface area contributed by atoms with Crippen molar-refractivity contribution in [3.63, 3.8) is 0 Å². The van der Waals surface area contributed by atoms with Crippen LogP contribution in [-0.2, 0) is 9.53 Å². The summed E-state index contributed by atoms with van der Waals surface area (Å²) in [5, 5.41) is 0. The highest BCUT2D eigenvalue weighted by Crippen LogP contribution is 2.16. The van der Waals surface area contributed by atoms with E-state index in [1.54, 1.807) is 6.07 Å². The summed E-state index contributed by atoms with van der Waals surface area (Å²) in [5.41, 5.74) is 5.16. The van der Waals surface area contributed by atoms with Crippen LogP contribution in [0, 0.1) is 3.57 Å². The van der Waals surface area contributed by atoms with Crippen LogP contribution in [0.2, 0.25) is 0 Å². The number of hydrogen-bond donors (Lipinski definition) is 1. The molecule has 0 spiro atoms. The Labute approximate surface area is 102 Å². The first-order chi connectivity index (χ1) is 7.13. The van der Waals surface area contributed by atoms with Crippen molar-refractivity contribution in [2.24, 2.45) is 5.73 Å². The molecule has 0 bridgehead atoms. The lowest BCUT2D eigenvalue weighted by Crippen LogP contribution is -2.37. The van der Waals surface area contributed by atoms with Crippen molar-refractivity contribution < 1.29 is 14.3 Å². The van der Waals surface area contributed by atoms with E-state index in [1.165, 1.54) is 7.11 Å². The maximum atomic E-state index is 11.0. The molecular formula is C10H12INO3. The SMILES string of the molecule is COCC(Oc1cccc(I)c1)C(N)=O. The Kier molecular flexibility index (Phi) is 4.83. The number of halogens is 1. The molecule has 0 saturated carbocycles. The summed E-state index contributed by atoms with van der Waals surface area (Å²) >= 11 is 2.16. The number of carbonyl (C=O) groups excluding carboxylic acids is 1. The van der Waals surface area contributed by atoms with E-state index >= 15 is 0 Å². The predicted octanol–water partition coefficient (Wildman–Crippen LogP) is 1.17. The zero-order valence-corrected chi connectivity index (χ0v) is 10.4. The molecule has 5 heteroatoms. The van der Waals surface area contributed by atoms with Crippen molar-refractivity contribution in [2.45, 2.75) is 6.10 Å². The molecule has 0 fully saturated rings. The summed E-state index contributed by atoms with van der Waals surface area (Å²) < 4.78 is 11.3. The number of amides is 1. The van der Waals surface area contributed by atoms with E-state index in [0.29, 0.717) is 5.75 Å². The van der Waals surface area contributed by atoms with Crippen LogP contribution >= 0.6 is 22.6 Å². The number of benzene rings is 1. The largest absolute Gasteiger partial charge is 0.478 e. The zero-order chi connectivity index (χ0) is 11.3.